The molecule has 7 heteroatoms. The molecule has 1 aromatic rings. The first-order chi connectivity index (χ1) is 7.97. The molecule has 0 spiro atoms. The predicted octanol–water partition coefficient (Wildman–Crippen LogP) is 1.64. The Morgan fingerprint density at radius 2 is 2.00 bits per heavy atom. The zero-order valence-corrected chi connectivity index (χ0v) is 10.7. The zero-order chi connectivity index (χ0) is 12.7. The molecule has 1 aromatic carbocycles. The fraction of sp³-hybridized carbons (Fsp3) is 0.300. The second-order valence-electron chi connectivity index (χ2n) is 3.27. The van der Waals surface area contributed by atoms with Gasteiger partial charge in [-0.05, 0) is 18.6 Å². The van der Waals surface area contributed by atoms with Gasteiger partial charge in [0.05, 0.1) is 11.4 Å². The largest absolute Gasteiger partial charge is 0.378 e. The second kappa shape index (κ2) is 6.63. The van der Waals surface area contributed by atoms with Crippen molar-refractivity contribution in [2.24, 2.45) is 10.7 Å². The van der Waals surface area contributed by atoms with Crippen LogP contribution in [0.4, 0.5) is 5.69 Å². The number of nitrogens with two attached hydrogens (primary N) is 1. The third-order valence-corrected chi connectivity index (χ3v) is 3.48. The van der Waals surface area contributed by atoms with E-state index >= 15 is 0 Å². The van der Waals surface area contributed by atoms with E-state index in [1.807, 2.05) is 30.3 Å². The Kier molecular flexibility index (Phi) is 5.46. The van der Waals surface area contributed by atoms with E-state index in [2.05, 4.69) is 4.99 Å². The van der Waals surface area contributed by atoms with E-state index < -0.39 is 10.1 Å². The first kappa shape index (κ1) is 14.0. The summed E-state index contributed by atoms with van der Waals surface area (Å²) in [5, 5.41) is 0.381. The van der Waals surface area contributed by atoms with Crippen LogP contribution >= 0.6 is 11.8 Å². The van der Waals surface area contributed by atoms with E-state index in [0.717, 1.165) is 5.69 Å². The zero-order valence-electron chi connectivity index (χ0n) is 9.11. The number of para-hydroxylation sites is 1. The Bertz CT molecular complexity index is 472. The molecule has 1 rings (SSSR count). The van der Waals surface area contributed by atoms with Crippen molar-refractivity contribution in [3.05, 3.63) is 30.3 Å². The van der Waals surface area contributed by atoms with Crippen molar-refractivity contribution in [3.63, 3.8) is 0 Å². The van der Waals surface area contributed by atoms with Gasteiger partial charge < -0.3 is 5.73 Å². The van der Waals surface area contributed by atoms with Gasteiger partial charge in [0.1, 0.15) is 0 Å². The second-order valence-corrected chi connectivity index (χ2v) is 5.96. The van der Waals surface area contributed by atoms with Crippen molar-refractivity contribution in [2.45, 2.75) is 6.42 Å². The van der Waals surface area contributed by atoms with Gasteiger partial charge in [-0.3, -0.25) is 4.55 Å². The molecule has 0 saturated carbocycles. The topological polar surface area (TPSA) is 92.8 Å². The summed E-state index contributed by atoms with van der Waals surface area (Å²) in [4.78, 5) is 4.14. The van der Waals surface area contributed by atoms with Crippen LogP contribution in [0.3, 0.4) is 0 Å². The minimum Gasteiger partial charge on any atom is -0.378 e. The molecular weight excluding hydrogens is 260 g/mol. The van der Waals surface area contributed by atoms with Crippen LogP contribution in [0.15, 0.2) is 35.3 Å². The normalized spacial score (nSPS) is 12.6. The Labute approximate surface area is 105 Å². The molecule has 17 heavy (non-hydrogen) atoms. The molecule has 0 fully saturated rings. The minimum atomic E-state index is -3.87. The summed E-state index contributed by atoms with van der Waals surface area (Å²) in [6, 6.07) is 9.25. The van der Waals surface area contributed by atoms with Gasteiger partial charge in [0.25, 0.3) is 10.1 Å². The van der Waals surface area contributed by atoms with E-state index in [0.29, 0.717) is 17.3 Å². The number of hydrogen-bond acceptors (Lipinski definition) is 4. The van der Waals surface area contributed by atoms with E-state index in [1.54, 1.807) is 0 Å². The third-order valence-electron chi connectivity index (χ3n) is 1.79. The highest BCUT2D eigenvalue weighted by atomic mass is 32.2. The van der Waals surface area contributed by atoms with Crippen LogP contribution in [0, 0.1) is 0 Å². The number of thioether (sulfide) groups is 1. The number of aliphatic imine (C=N–C) groups is 1. The molecule has 94 valence electrons. The molecular formula is C10H14N2O3S2. The lowest BCUT2D eigenvalue weighted by Crippen LogP contribution is -2.09. The summed E-state index contributed by atoms with van der Waals surface area (Å²) in [6.07, 6.45) is 0.342. The quantitative estimate of drug-likeness (QED) is 0.368. The molecule has 0 atom stereocenters. The van der Waals surface area contributed by atoms with Gasteiger partial charge in [-0.25, -0.2) is 4.99 Å². The standard InChI is InChI=1S/C10H14N2O3S2/c11-10(12-9-5-2-1-3-6-9)16-7-4-8-17(13,14)15/h1-3,5-6H,4,7-8H2,(H2,11,12)(H,13,14,15). The van der Waals surface area contributed by atoms with Crippen molar-refractivity contribution in [2.75, 3.05) is 11.5 Å². The van der Waals surface area contributed by atoms with Gasteiger partial charge >= 0.3 is 0 Å². The van der Waals surface area contributed by atoms with Gasteiger partial charge in [-0.15, -0.1) is 0 Å². The highest BCUT2D eigenvalue weighted by Gasteiger charge is 2.04. The van der Waals surface area contributed by atoms with Crippen molar-refractivity contribution in [1.29, 1.82) is 0 Å². The predicted molar refractivity (Wildman–Crippen MR) is 71.2 cm³/mol. The molecule has 0 bridgehead atoms. The fourth-order valence-corrected chi connectivity index (χ4v) is 2.44. The molecule has 0 amide bonds. The van der Waals surface area contributed by atoms with E-state index in [-0.39, 0.29) is 5.75 Å². The Morgan fingerprint density at radius 3 is 2.59 bits per heavy atom. The maximum absolute atomic E-state index is 10.5. The molecule has 0 unspecified atom stereocenters. The van der Waals surface area contributed by atoms with Gasteiger partial charge in [0.15, 0.2) is 5.17 Å². The van der Waals surface area contributed by atoms with Crippen molar-refractivity contribution < 1.29 is 13.0 Å². The van der Waals surface area contributed by atoms with Gasteiger partial charge in [-0.2, -0.15) is 8.42 Å². The van der Waals surface area contributed by atoms with Crippen LogP contribution in [-0.2, 0) is 10.1 Å². The molecule has 0 saturated heterocycles. The highest BCUT2D eigenvalue weighted by molar-refractivity contribution is 8.13. The van der Waals surface area contributed by atoms with E-state index in [4.69, 9.17) is 10.3 Å². The van der Waals surface area contributed by atoms with Crippen LogP contribution in [0.5, 0.6) is 0 Å². The van der Waals surface area contributed by atoms with Crippen molar-refractivity contribution in [3.8, 4) is 0 Å². The number of rotatable bonds is 5. The van der Waals surface area contributed by atoms with Gasteiger partial charge in [-0.1, -0.05) is 30.0 Å². The lowest BCUT2D eigenvalue weighted by molar-refractivity contribution is 0.482. The monoisotopic (exact) mass is 274 g/mol. The van der Waals surface area contributed by atoms with Gasteiger partial charge in [0.2, 0.25) is 0 Å². The van der Waals surface area contributed by atoms with Crippen molar-refractivity contribution >= 4 is 32.7 Å². The van der Waals surface area contributed by atoms with E-state index in [1.165, 1.54) is 11.8 Å². The van der Waals surface area contributed by atoms with Crippen LogP contribution in [-0.4, -0.2) is 29.6 Å². The van der Waals surface area contributed by atoms with Crippen LogP contribution < -0.4 is 5.73 Å². The molecule has 0 aliphatic rings. The summed E-state index contributed by atoms with van der Waals surface area (Å²) in [5.74, 6) is 0.251. The average Bonchev–Trinajstić information content (AvgIpc) is 2.25. The number of benzene rings is 1. The summed E-state index contributed by atoms with van der Waals surface area (Å²) in [6.45, 7) is 0. The van der Waals surface area contributed by atoms with Crippen molar-refractivity contribution in [1.82, 2.24) is 0 Å². The number of nitrogens with zero attached hydrogens (tertiary/aromatic N) is 1. The molecule has 0 radical (unpaired) electrons. The number of hydrogen-bond donors (Lipinski definition) is 2. The van der Waals surface area contributed by atoms with Gasteiger partial charge in [0, 0.05) is 5.75 Å². The highest BCUT2D eigenvalue weighted by Crippen LogP contribution is 2.13. The molecule has 0 aliphatic carbocycles. The molecule has 0 aromatic heterocycles. The average molecular weight is 274 g/mol. The first-order valence-corrected chi connectivity index (χ1v) is 7.54. The van der Waals surface area contributed by atoms with Crippen LogP contribution in [0.25, 0.3) is 0 Å². The first-order valence-electron chi connectivity index (χ1n) is 4.94. The van der Waals surface area contributed by atoms with Crippen LogP contribution in [0.1, 0.15) is 6.42 Å². The molecule has 5 nitrogen and oxygen atoms in total. The minimum absolute atomic E-state index is 0.251. The Hall–Kier alpha value is -1.05. The van der Waals surface area contributed by atoms with E-state index in [9.17, 15) is 8.42 Å². The Morgan fingerprint density at radius 1 is 1.35 bits per heavy atom. The SMILES string of the molecule is NC(=Nc1ccccc1)SCCCS(=O)(=O)O. The molecule has 0 heterocycles. The summed E-state index contributed by atoms with van der Waals surface area (Å²) < 4.78 is 29.4. The smallest absolute Gasteiger partial charge is 0.264 e. The maximum atomic E-state index is 10.5. The summed E-state index contributed by atoms with van der Waals surface area (Å²) in [7, 11) is -3.87. The molecule has 3 N–H and O–H groups in total. The molecule has 0 aliphatic heterocycles. The fourth-order valence-electron chi connectivity index (χ4n) is 1.08. The Balaban J connectivity index is 2.35. The third kappa shape index (κ3) is 6.98. The lowest BCUT2D eigenvalue weighted by atomic mass is 10.3. The van der Waals surface area contributed by atoms with Crippen LogP contribution in [0.2, 0.25) is 0 Å². The summed E-state index contributed by atoms with van der Waals surface area (Å²) in [5.41, 5.74) is 6.41. The maximum Gasteiger partial charge on any atom is 0.264 e. The summed E-state index contributed by atoms with van der Waals surface area (Å²) >= 11 is 1.26. The number of amidine groups is 1. The lowest BCUT2D eigenvalue weighted by Gasteiger charge is -2.00.